The lowest BCUT2D eigenvalue weighted by Gasteiger charge is -2.19. The predicted octanol–water partition coefficient (Wildman–Crippen LogP) is 27.7. The van der Waals surface area contributed by atoms with E-state index in [0.717, 1.165) is 201 Å². The Balaban J connectivity index is 0.746. The molecule has 122 heavy (non-hydrogen) atoms. The average Bonchev–Trinajstić information content (AvgIpc) is 1.59. The van der Waals surface area contributed by atoms with E-state index in [1.807, 2.05) is 36.4 Å². The molecular weight excluding hydrogens is 1490 g/mol. The lowest BCUT2D eigenvalue weighted by molar-refractivity contribution is 0.0955. The number of hydrogen-bond acceptors (Lipinski definition) is 7. The number of rotatable bonds is 11. The molecule has 0 aliphatic carbocycles. The van der Waals surface area contributed by atoms with Crippen molar-refractivity contribution in [1.29, 1.82) is 0 Å². The van der Waals surface area contributed by atoms with Gasteiger partial charge in [0.1, 0.15) is 5.75 Å². The summed E-state index contributed by atoms with van der Waals surface area (Å²) >= 11 is 0. The van der Waals surface area contributed by atoms with Crippen LogP contribution in [0.25, 0.3) is 182 Å². The highest BCUT2D eigenvalue weighted by molar-refractivity contribution is 6.05. The van der Waals surface area contributed by atoms with Crippen LogP contribution in [-0.2, 0) is 10.8 Å². The van der Waals surface area contributed by atoms with Gasteiger partial charge in [0, 0.05) is 99.8 Å². The lowest BCUT2D eigenvalue weighted by atomic mass is 9.86. The first-order valence-corrected chi connectivity index (χ1v) is 42.1. The molecule has 0 saturated heterocycles. The number of carbonyl (C=O) groups is 1. The fourth-order valence-corrected chi connectivity index (χ4v) is 19.1. The molecule has 0 atom stereocenters. The van der Waals surface area contributed by atoms with E-state index in [1.165, 1.54) is 50.7 Å². The Kier molecular flexibility index (Phi) is 19.8. The van der Waals surface area contributed by atoms with Gasteiger partial charge >= 0.3 is 0 Å². The summed E-state index contributed by atoms with van der Waals surface area (Å²) in [4.78, 5) is 52.9. The number of carbonyl (C=O) groups excluding carboxylic acids is 1. The molecule has 4 aliphatic rings. The number of H-pyrrole nitrogens is 4. The maximum atomic E-state index is 14.5. The normalized spacial score (nSPS) is 12.6. The van der Waals surface area contributed by atoms with Gasteiger partial charge in [0.15, 0.2) is 0 Å². The molecular formula is C110H100N10O2. The highest BCUT2D eigenvalue weighted by Crippen LogP contribution is 2.46. The zero-order valence-corrected chi connectivity index (χ0v) is 72.7. The van der Waals surface area contributed by atoms with Crippen LogP contribution in [0.1, 0.15) is 181 Å². The number of benzene rings is 8. The number of aromatic hydroxyl groups is 1. The third-order valence-corrected chi connectivity index (χ3v) is 24.4. The molecule has 4 aliphatic heterocycles. The molecule has 8 aromatic carbocycles. The summed E-state index contributed by atoms with van der Waals surface area (Å²) in [6.07, 6.45) is 18.5. The maximum Gasteiger partial charge on any atom is 0.271 e. The zero-order chi connectivity index (χ0) is 85.2. The lowest BCUT2D eigenvalue weighted by Crippen LogP contribution is -2.17. The number of phenolic OH excluding ortho intramolecular Hbond substituents is 1. The molecule has 16 bridgehead atoms. The van der Waals surface area contributed by atoms with E-state index in [1.54, 1.807) is 6.07 Å². The first kappa shape index (κ1) is 79.0. The van der Waals surface area contributed by atoms with Crippen molar-refractivity contribution in [2.75, 3.05) is 0 Å². The van der Waals surface area contributed by atoms with Gasteiger partial charge in [0.2, 0.25) is 0 Å². The monoisotopic (exact) mass is 1590 g/mol. The summed E-state index contributed by atoms with van der Waals surface area (Å²) in [7, 11) is 0. The third-order valence-electron chi connectivity index (χ3n) is 24.4. The summed E-state index contributed by atoms with van der Waals surface area (Å²) in [5.41, 5.74) is 48.9. The van der Waals surface area contributed by atoms with E-state index in [9.17, 15) is 9.90 Å². The van der Waals surface area contributed by atoms with E-state index in [2.05, 4.69) is 349 Å². The fourth-order valence-electron chi connectivity index (χ4n) is 19.1. The summed E-state index contributed by atoms with van der Waals surface area (Å²) in [5.74, 6) is -0.480. The van der Waals surface area contributed by atoms with Gasteiger partial charge in [-0.15, -0.1) is 0 Å². The minimum Gasteiger partial charge on any atom is -0.507 e. The Morgan fingerprint density at radius 2 is 0.525 bits per heavy atom. The third kappa shape index (κ3) is 14.6. The first-order valence-electron chi connectivity index (χ1n) is 42.1. The molecule has 0 spiro atoms. The van der Waals surface area contributed by atoms with Gasteiger partial charge in [0.05, 0.1) is 51.8 Å². The van der Waals surface area contributed by atoms with Gasteiger partial charge in [0.25, 0.3) is 5.91 Å². The van der Waals surface area contributed by atoms with Gasteiger partial charge in [-0.25, -0.2) is 25.4 Å². The Labute approximate surface area is 713 Å². The highest BCUT2D eigenvalue weighted by atomic mass is 16.3. The maximum absolute atomic E-state index is 14.5. The van der Waals surface area contributed by atoms with Crippen LogP contribution in [-0.4, -0.2) is 57.1 Å². The molecule has 10 heterocycles. The van der Waals surface area contributed by atoms with E-state index < -0.39 is 5.91 Å². The van der Waals surface area contributed by atoms with Crippen LogP contribution >= 0.6 is 0 Å². The van der Waals surface area contributed by atoms with Crippen molar-refractivity contribution in [3.05, 3.63) is 323 Å². The first-order chi connectivity index (χ1) is 58.4. The quantitative estimate of drug-likeness (QED) is 0.0555. The molecule has 12 heteroatoms. The van der Waals surface area contributed by atoms with E-state index >= 15 is 0 Å². The Morgan fingerprint density at radius 1 is 0.295 bits per heavy atom. The number of aromatic nitrogens is 8. The molecule has 0 saturated carbocycles. The SMILES string of the molecule is Cc1cc(C)c(-c2c3nc(c(-c4ccc(C(C)(C)C)cc4)c4ccc([nH]4)c(-c4ccc(/C=N/NC(=O)c5ccc(-c6c7nc(c(-c8c(C)cc(C)cc8C)c8ccc([nH]8)c(-c8c(C)cc(C)cc8C)c8nc(c(-c9c(C)cc(C)cc9C)c9ccc6[nH]9)C=C8)C=C7)cc5)c(O)c4)c4nc(c(-c5ccc(C(C)(C)C)cc5)c5ccc2[nH]5)C=C4)C=C3)c(C)c1. The standard InChI is InChI=1S/C110H100N10O2/c1-59-49-63(5)96(64(6)50-59)104-87-43-39-83(116-87)101(72-25-29-77(30-26-72)109(13,14)15)79-33-35-85(112-79)103(86-36-34-80(113-86)102(84-40-44-88(104)117-84)73-27-31-78(32-28-73)110(16,17)18)75-23-24-76(95(121)57-75)58-111-120-108(122)74-21-19-71(20-22-74)100-81-37-41-89(114-81)105(97-65(7)51-60(2)52-66(97)8)91-45-47-93(118-91)107(99-69(11)55-62(4)56-70(99)12)94-48-46-92(119-94)106(90-42-38-82(100)115-90)98-67(9)53-61(3)54-68(98)10/h19-58,112,114,117,119,121H,1-18H3,(H,120,122)/b100-81?,100-82?,101-79?,101-83?,102-80?,102-84?,103-85?,103-86?,104-87?,104-88?,105-89?,105-91?,106-90?,106-92?,107-93?,107-94?,111-58+. The van der Waals surface area contributed by atoms with Crippen molar-refractivity contribution in [3.8, 4) is 94.8 Å². The summed E-state index contributed by atoms with van der Waals surface area (Å²) in [5, 5.41) is 16.8. The molecule has 14 aromatic rings. The average molecular weight is 1590 g/mol. The van der Waals surface area contributed by atoms with Gasteiger partial charge in [-0.2, -0.15) is 5.10 Å². The number of aromatic amines is 4. The summed E-state index contributed by atoms with van der Waals surface area (Å²) in [6, 6.07) is 66.1. The van der Waals surface area contributed by atoms with Gasteiger partial charge in [-0.3, -0.25) is 4.79 Å². The largest absolute Gasteiger partial charge is 0.507 e. The highest BCUT2D eigenvalue weighted by Gasteiger charge is 2.28. The Hall–Kier alpha value is -14.1. The minimum atomic E-state index is -0.433. The number of fused-ring (bicyclic) bond motifs is 16. The molecule has 1 amide bonds. The van der Waals surface area contributed by atoms with Gasteiger partial charge in [-0.05, 0) is 315 Å². The zero-order valence-electron chi connectivity index (χ0n) is 72.7. The van der Waals surface area contributed by atoms with Crippen molar-refractivity contribution in [3.63, 3.8) is 0 Å². The van der Waals surface area contributed by atoms with Crippen LogP contribution in [0.5, 0.6) is 5.75 Å². The number of phenols is 1. The Bertz CT molecular complexity index is 7100. The van der Waals surface area contributed by atoms with Crippen LogP contribution in [0.3, 0.4) is 0 Å². The number of nitrogens with one attached hydrogen (secondary N) is 5. The van der Waals surface area contributed by atoms with Crippen LogP contribution in [0, 0.1) is 83.1 Å². The predicted molar refractivity (Wildman–Crippen MR) is 512 cm³/mol. The van der Waals surface area contributed by atoms with Crippen LogP contribution in [0.15, 0.2) is 193 Å². The molecule has 12 nitrogen and oxygen atoms in total. The number of hydrazone groups is 1. The van der Waals surface area contributed by atoms with Crippen molar-refractivity contribution in [1.82, 2.24) is 45.3 Å². The van der Waals surface area contributed by atoms with Gasteiger partial charge in [-0.1, -0.05) is 179 Å². The summed E-state index contributed by atoms with van der Waals surface area (Å²) in [6.45, 7) is 39.6. The molecule has 602 valence electrons. The van der Waals surface area contributed by atoms with Crippen molar-refractivity contribution >= 4 is 105 Å². The second kappa shape index (κ2) is 30.6. The van der Waals surface area contributed by atoms with Crippen molar-refractivity contribution < 1.29 is 9.90 Å². The topological polar surface area (TPSA) is 176 Å². The molecule has 6 N–H and O–H groups in total. The van der Waals surface area contributed by atoms with E-state index in [0.29, 0.717) is 22.4 Å². The molecule has 6 aromatic heterocycles. The van der Waals surface area contributed by atoms with Crippen LogP contribution in [0.4, 0.5) is 0 Å². The van der Waals surface area contributed by atoms with E-state index in [-0.39, 0.29) is 16.6 Å². The Morgan fingerprint density at radius 3 is 0.779 bits per heavy atom. The summed E-state index contributed by atoms with van der Waals surface area (Å²) < 4.78 is 0. The second-order valence-corrected chi connectivity index (χ2v) is 35.8. The number of hydrogen-bond donors (Lipinski definition) is 6. The van der Waals surface area contributed by atoms with Crippen molar-refractivity contribution in [2.24, 2.45) is 5.10 Å². The van der Waals surface area contributed by atoms with Crippen LogP contribution in [0.2, 0.25) is 0 Å². The molecule has 0 radical (unpaired) electrons. The van der Waals surface area contributed by atoms with E-state index in [4.69, 9.17) is 19.9 Å². The molecule has 18 rings (SSSR count). The smallest absolute Gasteiger partial charge is 0.271 e. The minimum absolute atomic E-state index is 0.0472. The fraction of sp³-hybridized carbons (Fsp3) is 0.182. The second-order valence-electron chi connectivity index (χ2n) is 35.8. The van der Waals surface area contributed by atoms with Crippen LogP contribution < -0.4 is 5.43 Å². The number of amides is 1. The molecule has 0 fully saturated rings. The number of nitrogens with zero attached hydrogens (tertiary/aromatic N) is 5. The van der Waals surface area contributed by atoms with Gasteiger partial charge < -0.3 is 25.0 Å². The molecule has 0 unspecified atom stereocenters. The van der Waals surface area contributed by atoms with Crippen molar-refractivity contribution in [2.45, 2.75) is 135 Å². The number of aryl methyl sites for hydroxylation is 12.